The molecule has 158 valence electrons. The first kappa shape index (κ1) is 20.3. The number of anilines is 1. The molecule has 1 aromatic heterocycles. The largest absolute Gasteiger partial charge is 0.395 e. The number of carbonyl (C=O) groups excluding carboxylic acids is 2. The number of benzene rings is 1. The number of aliphatic hydroxyl groups is 1. The Balaban J connectivity index is 1.34. The normalized spacial score (nSPS) is 21.0. The summed E-state index contributed by atoms with van der Waals surface area (Å²) in [6.45, 7) is 4.33. The summed E-state index contributed by atoms with van der Waals surface area (Å²) in [5.41, 5.74) is 2.88. The fraction of sp³-hybridized carbons (Fsp3) is 0.455. The molecule has 2 aromatic rings. The minimum absolute atomic E-state index is 0.00813. The molecule has 0 saturated carbocycles. The van der Waals surface area contributed by atoms with Crippen molar-refractivity contribution in [2.75, 3.05) is 18.0 Å². The summed E-state index contributed by atoms with van der Waals surface area (Å²) < 4.78 is 6.40. The van der Waals surface area contributed by atoms with Gasteiger partial charge >= 0.3 is 5.91 Å². The molecule has 2 N–H and O–H groups in total. The molecule has 1 aromatic carbocycles. The highest BCUT2D eigenvalue weighted by Gasteiger charge is 2.42. The predicted octanol–water partition coefficient (Wildman–Crippen LogP) is 1.19. The van der Waals surface area contributed by atoms with Crippen LogP contribution in [0.5, 0.6) is 0 Å². The Bertz CT molecular complexity index is 944. The van der Waals surface area contributed by atoms with Gasteiger partial charge in [0, 0.05) is 31.4 Å². The van der Waals surface area contributed by atoms with E-state index in [1.54, 1.807) is 13.0 Å². The van der Waals surface area contributed by atoms with Crippen LogP contribution in [0.25, 0.3) is 0 Å². The van der Waals surface area contributed by atoms with E-state index >= 15 is 0 Å². The molecule has 4 rings (SSSR count). The van der Waals surface area contributed by atoms with Crippen molar-refractivity contribution in [3.05, 3.63) is 47.3 Å². The van der Waals surface area contributed by atoms with Crippen molar-refractivity contribution in [1.82, 2.24) is 10.5 Å². The van der Waals surface area contributed by atoms with Crippen molar-refractivity contribution in [2.24, 2.45) is 0 Å². The number of hydrogen-bond acceptors (Lipinski definition) is 6. The zero-order chi connectivity index (χ0) is 21.1. The summed E-state index contributed by atoms with van der Waals surface area (Å²) in [4.78, 5) is 27.7. The lowest BCUT2D eigenvalue weighted by Crippen LogP contribution is -2.42. The molecule has 0 spiro atoms. The first-order chi connectivity index (χ1) is 14.5. The third-order valence-corrected chi connectivity index (χ3v) is 5.60. The number of hydrogen-bond donors (Lipinski definition) is 2. The molecule has 8 heteroatoms. The zero-order valence-corrected chi connectivity index (χ0v) is 17.1. The first-order valence-corrected chi connectivity index (χ1v) is 10.4. The lowest BCUT2D eigenvalue weighted by molar-refractivity contribution is -0.463. The number of nitrogens with zero attached hydrogens (tertiary/aromatic N) is 3. The minimum Gasteiger partial charge on any atom is -0.382 e. The topological polar surface area (TPSA) is 98.7 Å². The first-order valence-electron chi connectivity index (χ1n) is 10.4. The van der Waals surface area contributed by atoms with Crippen molar-refractivity contribution < 1.29 is 23.8 Å². The molecule has 8 nitrogen and oxygen atoms in total. The Kier molecular flexibility index (Phi) is 5.94. The fourth-order valence-electron chi connectivity index (χ4n) is 4.03. The van der Waals surface area contributed by atoms with Crippen LogP contribution in [0, 0.1) is 6.92 Å². The van der Waals surface area contributed by atoms with E-state index in [0.717, 1.165) is 18.7 Å². The standard InChI is InChI=1S/C22H26N4O4/c1-15-10-19(30-24-15)12-21(28)26-14-18(27)11-20(26)22(29)23-13-16-4-6-17(7-5-16)25-8-2-3-9-25/h4-7,10,14,18,20,27H,2-3,8-9,11-13H2,1H3/p+1/t18-,20+/m1/s1. The van der Waals surface area contributed by atoms with Crippen LogP contribution >= 0.6 is 0 Å². The van der Waals surface area contributed by atoms with Gasteiger partial charge in [0.25, 0.3) is 5.91 Å². The van der Waals surface area contributed by atoms with E-state index in [4.69, 9.17) is 4.52 Å². The Morgan fingerprint density at radius 2 is 2.00 bits per heavy atom. The third-order valence-electron chi connectivity index (χ3n) is 5.60. The molecule has 3 heterocycles. The second-order valence-corrected chi connectivity index (χ2v) is 7.96. The van der Waals surface area contributed by atoms with E-state index < -0.39 is 12.1 Å². The molecule has 0 aliphatic carbocycles. The van der Waals surface area contributed by atoms with Gasteiger partial charge in [0.1, 0.15) is 12.5 Å². The lowest BCUT2D eigenvalue weighted by Gasteiger charge is -2.17. The average molecular weight is 411 g/mol. The summed E-state index contributed by atoms with van der Waals surface area (Å²) in [6, 6.07) is 9.13. The molecule has 1 saturated heterocycles. The van der Waals surface area contributed by atoms with Crippen LogP contribution in [0.3, 0.4) is 0 Å². The fourth-order valence-corrected chi connectivity index (χ4v) is 4.03. The molecule has 30 heavy (non-hydrogen) atoms. The predicted molar refractivity (Wildman–Crippen MR) is 110 cm³/mol. The highest BCUT2D eigenvalue weighted by atomic mass is 16.5. The number of nitrogens with one attached hydrogen (secondary N) is 1. The van der Waals surface area contributed by atoms with Gasteiger partial charge in [-0.3, -0.25) is 4.79 Å². The van der Waals surface area contributed by atoms with Crippen LogP contribution < -0.4 is 10.2 Å². The monoisotopic (exact) mass is 411 g/mol. The molecule has 1 fully saturated rings. The quantitative estimate of drug-likeness (QED) is 0.693. The van der Waals surface area contributed by atoms with E-state index in [0.29, 0.717) is 18.0 Å². The number of amides is 2. The molecule has 0 unspecified atom stereocenters. The maximum atomic E-state index is 12.7. The van der Waals surface area contributed by atoms with Gasteiger partial charge in [0.15, 0.2) is 12.0 Å². The Morgan fingerprint density at radius 3 is 2.67 bits per heavy atom. The zero-order valence-electron chi connectivity index (χ0n) is 17.1. The van der Waals surface area contributed by atoms with Gasteiger partial charge in [0.05, 0.1) is 12.1 Å². The maximum Gasteiger partial charge on any atom is 0.395 e. The molecule has 0 radical (unpaired) electrons. The Morgan fingerprint density at radius 1 is 1.27 bits per heavy atom. The number of aromatic nitrogens is 1. The van der Waals surface area contributed by atoms with Crippen molar-refractivity contribution in [1.29, 1.82) is 0 Å². The van der Waals surface area contributed by atoms with Crippen LogP contribution in [-0.4, -0.2) is 58.1 Å². The maximum absolute atomic E-state index is 12.7. The van der Waals surface area contributed by atoms with Crippen LogP contribution in [0.4, 0.5) is 5.69 Å². The molecule has 2 amide bonds. The molecular formula is C22H27N4O4+. The summed E-state index contributed by atoms with van der Waals surface area (Å²) >= 11 is 0. The van der Waals surface area contributed by atoms with Gasteiger partial charge in [-0.1, -0.05) is 17.3 Å². The van der Waals surface area contributed by atoms with E-state index in [9.17, 15) is 14.7 Å². The average Bonchev–Trinajstić information content (AvgIpc) is 3.48. The van der Waals surface area contributed by atoms with E-state index in [2.05, 4.69) is 27.5 Å². The molecule has 2 aliphatic heterocycles. The smallest absolute Gasteiger partial charge is 0.382 e. The van der Waals surface area contributed by atoms with E-state index in [1.165, 1.54) is 29.3 Å². The lowest BCUT2D eigenvalue weighted by atomic mass is 10.1. The van der Waals surface area contributed by atoms with Crippen LogP contribution in [0.2, 0.25) is 0 Å². The van der Waals surface area contributed by atoms with Crippen LogP contribution in [-0.2, 0) is 22.6 Å². The van der Waals surface area contributed by atoms with Gasteiger partial charge in [0.2, 0.25) is 6.04 Å². The Hall–Kier alpha value is -3.00. The Labute approximate surface area is 175 Å². The summed E-state index contributed by atoms with van der Waals surface area (Å²) in [5.74, 6) is -0.157. The second-order valence-electron chi connectivity index (χ2n) is 7.96. The molecule has 0 bridgehead atoms. The number of aliphatic hydroxyl groups excluding tert-OH is 1. The molecular weight excluding hydrogens is 384 g/mol. The second kappa shape index (κ2) is 8.79. The van der Waals surface area contributed by atoms with Crippen LogP contribution in [0.1, 0.15) is 36.3 Å². The van der Waals surface area contributed by atoms with Crippen molar-refractivity contribution in [3.8, 4) is 0 Å². The van der Waals surface area contributed by atoms with E-state index in [-0.39, 0.29) is 24.7 Å². The van der Waals surface area contributed by atoms with Crippen molar-refractivity contribution >= 4 is 23.7 Å². The summed E-state index contributed by atoms with van der Waals surface area (Å²) in [6.07, 6.45) is 3.20. The van der Waals surface area contributed by atoms with Gasteiger partial charge in [-0.2, -0.15) is 4.58 Å². The van der Waals surface area contributed by atoms with Gasteiger partial charge in [-0.05, 0) is 37.5 Å². The van der Waals surface area contributed by atoms with Crippen LogP contribution in [0.15, 0.2) is 34.9 Å². The number of rotatable bonds is 6. The summed E-state index contributed by atoms with van der Waals surface area (Å²) in [5, 5.41) is 16.6. The summed E-state index contributed by atoms with van der Waals surface area (Å²) in [7, 11) is 0. The minimum atomic E-state index is -0.832. The van der Waals surface area contributed by atoms with E-state index in [1.807, 2.05) is 12.1 Å². The van der Waals surface area contributed by atoms with Gasteiger partial charge in [-0.15, -0.1) is 0 Å². The highest BCUT2D eigenvalue weighted by Crippen LogP contribution is 2.20. The molecule has 2 aliphatic rings. The third kappa shape index (κ3) is 4.59. The highest BCUT2D eigenvalue weighted by molar-refractivity contribution is 5.87. The number of aryl methyl sites for hydroxylation is 1. The van der Waals surface area contributed by atoms with Crippen molar-refractivity contribution in [2.45, 2.75) is 51.3 Å². The van der Waals surface area contributed by atoms with Gasteiger partial charge < -0.3 is 19.8 Å². The van der Waals surface area contributed by atoms with Crippen molar-refractivity contribution in [3.63, 3.8) is 0 Å². The van der Waals surface area contributed by atoms with Gasteiger partial charge in [-0.25, -0.2) is 4.79 Å². The number of carbonyl (C=O) groups is 2. The molecule has 2 atom stereocenters. The SMILES string of the molecule is Cc1cc(CC(=O)[N+]2=C[C@H](O)C[C@H]2C(=O)NCc2ccc(N3CCCC3)cc2)on1.